The summed E-state index contributed by atoms with van der Waals surface area (Å²) in [5.41, 5.74) is 1.51. The van der Waals surface area contributed by atoms with Crippen LogP contribution in [-0.2, 0) is 17.6 Å². The van der Waals surface area contributed by atoms with Crippen molar-refractivity contribution in [3.63, 3.8) is 0 Å². The third kappa shape index (κ3) is 2.85. The van der Waals surface area contributed by atoms with Crippen LogP contribution in [0.15, 0.2) is 12.1 Å². The van der Waals surface area contributed by atoms with E-state index in [0.717, 1.165) is 4.90 Å². The van der Waals surface area contributed by atoms with Gasteiger partial charge in [-0.25, -0.2) is 0 Å². The average Bonchev–Trinajstić information content (AvgIpc) is 2.25. The Morgan fingerprint density at radius 3 is 2.70 bits per heavy atom. The Hall–Kier alpha value is -1.43. The van der Waals surface area contributed by atoms with E-state index in [1.54, 1.807) is 6.07 Å². The third-order valence-corrected chi connectivity index (χ3v) is 3.73. The molecule has 0 spiro atoms. The van der Waals surface area contributed by atoms with Gasteiger partial charge in [0.05, 0.1) is 17.1 Å². The highest BCUT2D eigenvalue weighted by molar-refractivity contribution is 6.33. The van der Waals surface area contributed by atoms with Crippen LogP contribution in [0.2, 0.25) is 5.02 Å². The van der Waals surface area contributed by atoms with Crippen molar-refractivity contribution in [2.75, 3.05) is 11.9 Å². The van der Waals surface area contributed by atoms with E-state index in [1.807, 2.05) is 0 Å². The molecule has 1 unspecified atom stereocenters. The molecule has 1 aromatic carbocycles. The highest BCUT2D eigenvalue weighted by atomic mass is 35.5. The number of benzene rings is 1. The van der Waals surface area contributed by atoms with E-state index in [0.29, 0.717) is 16.8 Å². The van der Waals surface area contributed by atoms with E-state index in [2.05, 4.69) is 0 Å². The van der Waals surface area contributed by atoms with Gasteiger partial charge in [0.1, 0.15) is 6.04 Å². The van der Waals surface area contributed by atoms with Crippen LogP contribution in [0.4, 0.5) is 18.9 Å². The van der Waals surface area contributed by atoms with Crippen molar-refractivity contribution in [3.8, 4) is 0 Å². The summed E-state index contributed by atoms with van der Waals surface area (Å²) in [6.45, 7) is 0. The zero-order valence-corrected chi connectivity index (χ0v) is 11.4. The number of hydrogen-bond acceptors (Lipinski definition) is 2. The number of nitrogens with zero attached hydrogens (tertiary/aromatic N) is 1. The molecule has 0 aliphatic carbocycles. The molecule has 1 aromatic rings. The maximum Gasteiger partial charge on any atom is 0.408 e. The minimum atomic E-state index is -4.31. The van der Waals surface area contributed by atoms with Crippen molar-refractivity contribution in [3.05, 3.63) is 28.3 Å². The minimum absolute atomic E-state index is 0.0557. The number of carboxylic acids is 1. The molecule has 1 atom stereocenters. The van der Waals surface area contributed by atoms with Gasteiger partial charge in [-0.2, -0.15) is 13.2 Å². The lowest BCUT2D eigenvalue weighted by Gasteiger charge is -2.37. The number of carbonyl (C=O) groups is 1. The van der Waals surface area contributed by atoms with Crippen molar-refractivity contribution < 1.29 is 23.1 Å². The molecule has 3 nitrogen and oxygen atoms in total. The van der Waals surface area contributed by atoms with Crippen LogP contribution in [0.1, 0.15) is 17.5 Å². The molecule has 0 saturated heterocycles. The Morgan fingerprint density at radius 2 is 2.15 bits per heavy atom. The third-order valence-electron chi connectivity index (χ3n) is 3.44. The zero-order chi connectivity index (χ0) is 15.1. The van der Waals surface area contributed by atoms with Gasteiger partial charge in [0, 0.05) is 7.05 Å². The second kappa shape index (κ2) is 5.16. The molecule has 0 fully saturated rings. The van der Waals surface area contributed by atoms with Crippen molar-refractivity contribution >= 4 is 23.3 Å². The number of carboxylic acid groups (broad SMARTS) is 1. The van der Waals surface area contributed by atoms with Gasteiger partial charge < -0.3 is 10.0 Å². The van der Waals surface area contributed by atoms with Crippen molar-refractivity contribution in [1.29, 1.82) is 0 Å². The predicted molar refractivity (Wildman–Crippen MR) is 69.4 cm³/mol. The molecule has 7 heteroatoms. The first-order valence-electron chi connectivity index (χ1n) is 6.02. The van der Waals surface area contributed by atoms with Crippen molar-refractivity contribution in [2.45, 2.75) is 31.5 Å². The molecule has 1 aliphatic heterocycles. The summed E-state index contributed by atoms with van der Waals surface area (Å²) in [4.78, 5) is 11.8. The molecule has 20 heavy (non-hydrogen) atoms. The Morgan fingerprint density at radius 1 is 1.50 bits per heavy atom. The maximum atomic E-state index is 12.9. The lowest BCUT2D eigenvalue weighted by atomic mass is 9.93. The summed E-state index contributed by atoms with van der Waals surface area (Å²) in [6.07, 6.45) is -4.33. The predicted octanol–water partition coefficient (Wildman–Crippen LogP) is 3.28. The zero-order valence-electron chi connectivity index (χ0n) is 10.7. The van der Waals surface area contributed by atoms with Crippen LogP contribution in [0.3, 0.4) is 0 Å². The molecule has 1 N–H and O–H groups in total. The standard InChI is InChI=1S/C13H13ClF3NO2/c1-18-10(13(15,16)17)3-2-8-4-7(6-11(19)20)5-9(14)12(8)18/h4-5,10H,2-3,6H2,1H3,(H,19,20). The molecule has 2 rings (SSSR count). The van der Waals surface area contributed by atoms with Gasteiger partial charge in [-0.3, -0.25) is 4.79 Å². The van der Waals surface area contributed by atoms with Gasteiger partial charge in [0.2, 0.25) is 0 Å². The minimum Gasteiger partial charge on any atom is -0.481 e. The Labute approximate surface area is 118 Å². The van der Waals surface area contributed by atoms with Crippen LogP contribution < -0.4 is 4.90 Å². The molecular formula is C13H13ClF3NO2. The summed E-state index contributed by atoms with van der Waals surface area (Å²) < 4.78 is 38.7. The van der Waals surface area contributed by atoms with Gasteiger partial charge in [-0.1, -0.05) is 17.7 Å². The van der Waals surface area contributed by atoms with Gasteiger partial charge >= 0.3 is 12.1 Å². The van der Waals surface area contributed by atoms with Gasteiger partial charge in [0.25, 0.3) is 0 Å². The van der Waals surface area contributed by atoms with Crippen LogP contribution in [0.25, 0.3) is 0 Å². The van der Waals surface area contributed by atoms with E-state index in [1.165, 1.54) is 13.1 Å². The van der Waals surface area contributed by atoms with Gasteiger partial charge in [-0.05, 0) is 30.0 Å². The van der Waals surface area contributed by atoms with Crippen molar-refractivity contribution in [2.24, 2.45) is 0 Å². The first-order chi connectivity index (χ1) is 9.20. The fourth-order valence-electron chi connectivity index (χ4n) is 2.61. The first-order valence-corrected chi connectivity index (χ1v) is 6.40. The molecule has 1 heterocycles. The van der Waals surface area contributed by atoms with Gasteiger partial charge in [-0.15, -0.1) is 0 Å². The number of alkyl halides is 3. The number of anilines is 1. The highest BCUT2D eigenvalue weighted by Gasteiger charge is 2.44. The maximum absolute atomic E-state index is 12.9. The molecule has 0 saturated carbocycles. The quantitative estimate of drug-likeness (QED) is 0.911. The van der Waals surface area contributed by atoms with Crippen LogP contribution in [0, 0.1) is 0 Å². The number of halogens is 4. The smallest absolute Gasteiger partial charge is 0.408 e. The number of rotatable bonds is 2. The summed E-state index contributed by atoms with van der Waals surface area (Å²) in [7, 11) is 1.36. The molecule has 0 amide bonds. The number of aryl methyl sites for hydroxylation is 1. The highest BCUT2D eigenvalue weighted by Crippen LogP contribution is 2.41. The van der Waals surface area contributed by atoms with Crippen LogP contribution in [-0.4, -0.2) is 30.3 Å². The second-order valence-corrected chi connectivity index (χ2v) is 5.27. The topological polar surface area (TPSA) is 40.5 Å². The summed E-state index contributed by atoms with van der Waals surface area (Å²) in [5.74, 6) is -1.00. The fourth-order valence-corrected chi connectivity index (χ4v) is 3.00. The Kier molecular flexibility index (Phi) is 3.86. The van der Waals surface area contributed by atoms with E-state index in [9.17, 15) is 18.0 Å². The van der Waals surface area contributed by atoms with Crippen LogP contribution >= 0.6 is 11.6 Å². The lowest BCUT2D eigenvalue weighted by Crippen LogP contribution is -2.46. The van der Waals surface area contributed by atoms with E-state index >= 15 is 0 Å². The van der Waals surface area contributed by atoms with E-state index in [-0.39, 0.29) is 24.3 Å². The number of aliphatic carboxylic acids is 1. The van der Waals surface area contributed by atoms with E-state index < -0.39 is 18.2 Å². The number of hydrogen-bond donors (Lipinski definition) is 1. The molecular weight excluding hydrogens is 295 g/mol. The molecule has 110 valence electrons. The number of fused-ring (bicyclic) bond motifs is 1. The van der Waals surface area contributed by atoms with E-state index in [4.69, 9.17) is 16.7 Å². The Balaban J connectivity index is 2.40. The SMILES string of the molecule is CN1c2c(Cl)cc(CC(=O)O)cc2CCC1C(F)(F)F. The molecule has 0 radical (unpaired) electrons. The fraction of sp³-hybridized carbons (Fsp3) is 0.462. The van der Waals surface area contributed by atoms with Crippen molar-refractivity contribution in [1.82, 2.24) is 0 Å². The first kappa shape index (κ1) is 15.0. The monoisotopic (exact) mass is 307 g/mol. The lowest BCUT2D eigenvalue weighted by molar-refractivity contribution is -0.150. The summed E-state index contributed by atoms with van der Waals surface area (Å²) >= 11 is 6.04. The average molecular weight is 308 g/mol. The molecule has 0 bridgehead atoms. The largest absolute Gasteiger partial charge is 0.481 e. The molecule has 0 aromatic heterocycles. The summed E-state index contributed by atoms with van der Waals surface area (Å²) in [6, 6.07) is 1.49. The second-order valence-electron chi connectivity index (χ2n) is 4.86. The Bertz CT molecular complexity index is 545. The van der Waals surface area contributed by atoms with Gasteiger partial charge in [0.15, 0.2) is 0 Å². The molecule has 1 aliphatic rings. The normalized spacial score (nSPS) is 18.9. The van der Waals surface area contributed by atoms with Crippen LogP contribution in [0.5, 0.6) is 0 Å². The summed E-state index contributed by atoms with van der Waals surface area (Å²) in [5, 5.41) is 8.92.